The van der Waals surface area contributed by atoms with Crippen molar-refractivity contribution in [2.24, 2.45) is 11.7 Å². The van der Waals surface area contributed by atoms with Gasteiger partial charge in [0.1, 0.15) is 0 Å². The van der Waals surface area contributed by atoms with Gasteiger partial charge in [-0.1, -0.05) is 72.1 Å². The Hall–Kier alpha value is -0.0800. The van der Waals surface area contributed by atoms with E-state index in [9.17, 15) is 0 Å². The van der Waals surface area contributed by atoms with Crippen molar-refractivity contribution in [1.82, 2.24) is 4.90 Å². The Labute approximate surface area is 140 Å². The summed E-state index contributed by atoms with van der Waals surface area (Å²) in [6, 6.07) is 0.374. The first-order valence-corrected chi connectivity index (χ1v) is 10.0. The van der Waals surface area contributed by atoms with Crippen LogP contribution in [0.15, 0.2) is 0 Å². The van der Waals surface area contributed by atoms with E-state index in [2.05, 4.69) is 32.6 Å². The van der Waals surface area contributed by atoms with E-state index in [1.807, 2.05) is 0 Å². The number of likely N-dealkylation sites (tertiary alicyclic amines) is 1. The summed E-state index contributed by atoms with van der Waals surface area (Å²) in [6.45, 7) is 11.8. The van der Waals surface area contributed by atoms with Gasteiger partial charge >= 0.3 is 0 Å². The van der Waals surface area contributed by atoms with Crippen LogP contribution in [0.1, 0.15) is 98.3 Å². The number of hydrogen-bond donors (Lipinski definition) is 1. The van der Waals surface area contributed by atoms with Crippen LogP contribution in [0.3, 0.4) is 0 Å². The van der Waals surface area contributed by atoms with E-state index >= 15 is 0 Å². The molecule has 2 N–H and O–H groups in total. The van der Waals surface area contributed by atoms with Gasteiger partial charge in [0.2, 0.25) is 0 Å². The van der Waals surface area contributed by atoms with E-state index in [0.29, 0.717) is 17.5 Å². The smallest absolute Gasteiger partial charge is 0.0194 e. The van der Waals surface area contributed by atoms with Crippen LogP contribution in [-0.2, 0) is 0 Å². The minimum Gasteiger partial charge on any atom is -0.326 e. The van der Waals surface area contributed by atoms with E-state index < -0.39 is 0 Å². The molecule has 1 rings (SSSR count). The monoisotopic (exact) mass is 310 g/mol. The third-order valence-corrected chi connectivity index (χ3v) is 5.92. The minimum atomic E-state index is 0.374. The molecule has 2 atom stereocenters. The van der Waals surface area contributed by atoms with Gasteiger partial charge in [0, 0.05) is 18.1 Å². The first kappa shape index (κ1) is 20.0. The second kappa shape index (κ2) is 10.6. The van der Waals surface area contributed by atoms with Crippen LogP contribution in [-0.4, -0.2) is 29.6 Å². The van der Waals surface area contributed by atoms with Crippen molar-refractivity contribution in [3.63, 3.8) is 0 Å². The molecule has 0 amide bonds. The lowest BCUT2D eigenvalue weighted by atomic mass is 9.83. The van der Waals surface area contributed by atoms with Gasteiger partial charge in [-0.2, -0.15) is 0 Å². The number of hydrogen-bond acceptors (Lipinski definition) is 2. The molecule has 0 spiro atoms. The molecule has 2 nitrogen and oxygen atoms in total. The Morgan fingerprint density at radius 3 is 1.95 bits per heavy atom. The molecule has 1 aliphatic heterocycles. The second-order valence-corrected chi connectivity index (χ2v) is 7.99. The van der Waals surface area contributed by atoms with Gasteiger partial charge in [-0.15, -0.1) is 0 Å². The molecule has 132 valence electrons. The standard InChI is InChI=1S/C20H42N2/c1-5-7-9-11-14-20(4,15-12-10-8-6-2)22-16-13-18(3)19(21)17-22/h18-19H,5-17,21H2,1-4H3. The lowest BCUT2D eigenvalue weighted by molar-refractivity contribution is 0.0376. The summed E-state index contributed by atoms with van der Waals surface area (Å²) >= 11 is 0. The molecule has 0 saturated carbocycles. The first-order valence-electron chi connectivity index (χ1n) is 10.0. The Bertz CT molecular complexity index is 265. The molecule has 0 aromatic rings. The van der Waals surface area contributed by atoms with Crippen LogP contribution in [0, 0.1) is 5.92 Å². The van der Waals surface area contributed by atoms with Crippen molar-refractivity contribution in [2.45, 2.75) is 110 Å². The number of piperidine rings is 1. The quantitative estimate of drug-likeness (QED) is 0.521. The third-order valence-electron chi connectivity index (χ3n) is 5.92. The number of nitrogens with zero attached hydrogens (tertiary/aromatic N) is 1. The van der Waals surface area contributed by atoms with Crippen molar-refractivity contribution in [2.75, 3.05) is 13.1 Å². The number of rotatable bonds is 11. The summed E-state index contributed by atoms with van der Waals surface area (Å²) in [5, 5.41) is 0. The SMILES string of the molecule is CCCCCCC(C)(CCCCCC)N1CCC(C)C(N)C1. The highest BCUT2D eigenvalue weighted by Crippen LogP contribution is 2.32. The topological polar surface area (TPSA) is 29.3 Å². The second-order valence-electron chi connectivity index (χ2n) is 7.99. The van der Waals surface area contributed by atoms with Gasteiger partial charge in [-0.05, 0) is 38.6 Å². The van der Waals surface area contributed by atoms with Crippen LogP contribution in [0.5, 0.6) is 0 Å². The Kier molecular flexibility index (Phi) is 9.66. The maximum absolute atomic E-state index is 6.38. The molecule has 1 fully saturated rings. The summed E-state index contributed by atoms with van der Waals surface area (Å²) in [5.41, 5.74) is 6.76. The van der Waals surface area contributed by atoms with Crippen molar-refractivity contribution in [3.05, 3.63) is 0 Å². The Morgan fingerprint density at radius 1 is 0.955 bits per heavy atom. The fourth-order valence-corrected chi connectivity index (χ4v) is 3.90. The molecule has 2 unspecified atom stereocenters. The van der Waals surface area contributed by atoms with E-state index in [1.54, 1.807) is 0 Å². The van der Waals surface area contributed by atoms with Crippen LogP contribution in [0.4, 0.5) is 0 Å². The van der Waals surface area contributed by atoms with Crippen LogP contribution >= 0.6 is 0 Å². The first-order chi connectivity index (χ1) is 10.5. The number of unbranched alkanes of at least 4 members (excludes halogenated alkanes) is 6. The molecule has 0 bridgehead atoms. The average molecular weight is 311 g/mol. The predicted octanol–water partition coefficient (Wildman–Crippen LogP) is 5.36. The molecule has 0 aliphatic carbocycles. The van der Waals surface area contributed by atoms with Gasteiger partial charge in [0.25, 0.3) is 0 Å². The van der Waals surface area contributed by atoms with E-state index in [0.717, 1.165) is 6.54 Å². The molecule has 0 aromatic carbocycles. The molecule has 1 aliphatic rings. The fourth-order valence-electron chi connectivity index (χ4n) is 3.90. The lowest BCUT2D eigenvalue weighted by Gasteiger charge is -2.47. The lowest BCUT2D eigenvalue weighted by Crippen LogP contribution is -2.56. The van der Waals surface area contributed by atoms with Crippen molar-refractivity contribution in [1.29, 1.82) is 0 Å². The largest absolute Gasteiger partial charge is 0.326 e. The average Bonchev–Trinajstić information content (AvgIpc) is 2.51. The molecular weight excluding hydrogens is 268 g/mol. The van der Waals surface area contributed by atoms with Crippen LogP contribution in [0.25, 0.3) is 0 Å². The summed E-state index contributed by atoms with van der Waals surface area (Å²) in [4.78, 5) is 2.75. The van der Waals surface area contributed by atoms with Crippen molar-refractivity contribution < 1.29 is 0 Å². The summed E-state index contributed by atoms with van der Waals surface area (Å²) in [7, 11) is 0. The predicted molar refractivity (Wildman–Crippen MR) is 99.3 cm³/mol. The summed E-state index contributed by atoms with van der Waals surface area (Å²) in [6.07, 6.45) is 15.0. The van der Waals surface area contributed by atoms with Gasteiger partial charge < -0.3 is 5.73 Å². The van der Waals surface area contributed by atoms with E-state index in [1.165, 1.54) is 77.2 Å². The maximum atomic E-state index is 6.38. The normalized spacial score (nSPS) is 23.9. The summed E-state index contributed by atoms with van der Waals surface area (Å²) < 4.78 is 0. The van der Waals surface area contributed by atoms with Gasteiger partial charge in [-0.25, -0.2) is 0 Å². The number of nitrogens with two attached hydrogens (primary N) is 1. The molecule has 2 heteroatoms. The minimum absolute atomic E-state index is 0.374. The maximum Gasteiger partial charge on any atom is 0.0194 e. The van der Waals surface area contributed by atoms with Crippen LogP contribution in [0.2, 0.25) is 0 Å². The molecular formula is C20H42N2. The van der Waals surface area contributed by atoms with Crippen LogP contribution < -0.4 is 5.73 Å². The highest BCUT2D eigenvalue weighted by atomic mass is 15.2. The highest BCUT2D eigenvalue weighted by molar-refractivity contribution is 4.92. The summed E-state index contributed by atoms with van der Waals surface area (Å²) in [5.74, 6) is 0.695. The molecule has 1 heterocycles. The fraction of sp³-hybridized carbons (Fsp3) is 1.00. The Morgan fingerprint density at radius 2 is 1.50 bits per heavy atom. The van der Waals surface area contributed by atoms with E-state index in [-0.39, 0.29) is 0 Å². The van der Waals surface area contributed by atoms with Crippen molar-refractivity contribution in [3.8, 4) is 0 Å². The highest BCUT2D eigenvalue weighted by Gasteiger charge is 2.35. The molecule has 1 saturated heterocycles. The molecule has 0 aromatic heterocycles. The van der Waals surface area contributed by atoms with Crippen molar-refractivity contribution >= 4 is 0 Å². The van der Waals surface area contributed by atoms with Gasteiger partial charge in [0.15, 0.2) is 0 Å². The zero-order valence-corrected chi connectivity index (χ0v) is 15.9. The van der Waals surface area contributed by atoms with E-state index in [4.69, 9.17) is 5.73 Å². The zero-order valence-electron chi connectivity index (χ0n) is 15.9. The Balaban J connectivity index is 2.55. The molecule has 0 radical (unpaired) electrons. The molecule has 22 heavy (non-hydrogen) atoms. The van der Waals surface area contributed by atoms with Gasteiger partial charge in [0.05, 0.1) is 0 Å². The van der Waals surface area contributed by atoms with Gasteiger partial charge in [-0.3, -0.25) is 4.90 Å². The third kappa shape index (κ3) is 6.58. The zero-order chi connectivity index (χ0) is 16.4.